The Kier molecular flexibility index (Phi) is 8.85. The molecule has 4 N–H and O–H groups in total. The largest absolute Gasteiger partial charge is 0.353 e. The van der Waals surface area contributed by atoms with Crippen LogP contribution in [-0.4, -0.2) is 44.8 Å². The van der Waals surface area contributed by atoms with Crippen molar-refractivity contribution in [2.75, 3.05) is 17.2 Å². The molecular weight excluding hydrogens is 601 g/mol. The van der Waals surface area contributed by atoms with Gasteiger partial charge in [-0.3, -0.25) is 19.7 Å². The van der Waals surface area contributed by atoms with Gasteiger partial charge in [-0.15, -0.1) is 0 Å². The first-order chi connectivity index (χ1) is 20.9. The standard InChI is InChI=1S/C30H27F3N4O6S/c1-16(43-25-8-4-5-13-42-25)29(34)37-44(40,41)24-14-17(9-11-21(24)33)27(38)26(28(39)19-15-18(31)10-12-20(19)32)30-35-22-6-2-3-7-23(22)36-30/h2-3,6-7,9-12,14-16,25,35-36H,4-5,8,13H2,1H3,(H2,34,37)/t16-,25?/m1/s1. The fourth-order valence-electron chi connectivity index (χ4n) is 4.65. The highest BCUT2D eigenvalue weighted by molar-refractivity contribution is 7.90. The Morgan fingerprint density at radius 2 is 1.66 bits per heavy atom. The van der Waals surface area contributed by atoms with Gasteiger partial charge in [-0.25, -0.2) is 21.6 Å². The monoisotopic (exact) mass is 628 g/mol. The molecule has 14 heteroatoms. The molecule has 1 fully saturated rings. The number of allylic oxidation sites excluding steroid dienone is 1. The number of ether oxygens (including phenoxy) is 2. The molecule has 0 amide bonds. The first kappa shape index (κ1) is 30.9. The molecule has 2 aliphatic heterocycles. The van der Waals surface area contributed by atoms with Crippen LogP contribution in [0.5, 0.6) is 0 Å². The van der Waals surface area contributed by atoms with Crippen LogP contribution in [0.15, 0.2) is 77.0 Å². The smallest absolute Gasteiger partial charge is 0.265 e. The molecule has 0 aliphatic carbocycles. The van der Waals surface area contributed by atoms with Crippen molar-refractivity contribution >= 4 is 38.8 Å². The van der Waals surface area contributed by atoms with Crippen LogP contribution in [0.1, 0.15) is 46.9 Å². The Morgan fingerprint density at radius 1 is 0.977 bits per heavy atom. The van der Waals surface area contributed by atoms with E-state index in [1.165, 1.54) is 6.92 Å². The predicted octanol–water partition coefficient (Wildman–Crippen LogP) is 5.11. The van der Waals surface area contributed by atoms with Gasteiger partial charge in [-0.1, -0.05) is 12.1 Å². The van der Waals surface area contributed by atoms with Crippen LogP contribution in [0.2, 0.25) is 0 Å². The van der Waals surface area contributed by atoms with Crippen molar-refractivity contribution < 1.29 is 40.7 Å². The lowest BCUT2D eigenvalue weighted by Crippen LogP contribution is -2.41. The second kappa shape index (κ2) is 12.6. The molecule has 0 aromatic heterocycles. The molecule has 5 rings (SSSR count). The van der Waals surface area contributed by atoms with Gasteiger partial charge < -0.3 is 20.1 Å². The van der Waals surface area contributed by atoms with Gasteiger partial charge in [-0.2, -0.15) is 0 Å². The summed E-state index contributed by atoms with van der Waals surface area (Å²) in [4.78, 5) is 26.4. The molecular formula is C30H27F3N4O6S. The Balaban J connectivity index is 1.48. The number of benzene rings is 3. The second-order valence-corrected chi connectivity index (χ2v) is 11.7. The summed E-state index contributed by atoms with van der Waals surface area (Å²) in [6.07, 6.45) is 0.571. The molecule has 2 atom stereocenters. The highest BCUT2D eigenvalue weighted by atomic mass is 32.2. The van der Waals surface area contributed by atoms with E-state index in [1.807, 2.05) is 4.72 Å². The van der Waals surface area contributed by atoms with Gasteiger partial charge in [0.05, 0.1) is 16.9 Å². The first-order valence-corrected chi connectivity index (χ1v) is 15.0. The van der Waals surface area contributed by atoms with Crippen molar-refractivity contribution in [3.63, 3.8) is 0 Å². The molecule has 2 heterocycles. The van der Waals surface area contributed by atoms with Crippen LogP contribution in [-0.2, 0) is 19.5 Å². The number of carbonyl (C=O) groups excluding carboxylic acids is 2. The van der Waals surface area contributed by atoms with Crippen molar-refractivity contribution in [1.29, 1.82) is 5.41 Å². The third-order valence-electron chi connectivity index (χ3n) is 6.95. The van der Waals surface area contributed by atoms with E-state index in [1.54, 1.807) is 24.3 Å². The zero-order chi connectivity index (χ0) is 31.6. The lowest BCUT2D eigenvalue weighted by molar-refractivity contribution is -0.171. The normalized spacial score (nSPS) is 16.7. The van der Waals surface area contributed by atoms with E-state index in [-0.39, 0.29) is 5.82 Å². The van der Waals surface area contributed by atoms with Crippen LogP contribution in [0.4, 0.5) is 24.5 Å². The number of hydrogen-bond acceptors (Lipinski definition) is 9. The Bertz CT molecular complexity index is 1760. The molecule has 2 aliphatic rings. The third kappa shape index (κ3) is 6.51. The number of Topliss-reactive ketones (excluding diaryl/α,β-unsaturated/α-hetero) is 2. The van der Waals surface area contributed by atoms with E-state index >= 15 is 0 Å². The van der Waals surface area contributed by atoms with Gasteiger partial charge in [-0.05, 0) is 74.7 Å². The minimum absolute atomic E-state index is 0.172. The van der Waals surface area contributed by atoms with Crippen LogP contribution in [0, 0.1) is 22.9 Å². The lowest BCUT2D eigenvalue weighted by Gasteiger charge is -2.26. The molecule has 0 bridgehead atoms. The van der Waals surface area contributed by atoms with Crippen molar-refractivity contribution in [1.82, 2.24) is 4.72 Å². The Hall–Kier alpha value is -4.53. The van der Waals surface area contributed by atoms with Crippen molar-refractivity contribution in [2.24, 2.45) is 0 Å². The lowest BCUT2D eigenvalue weighted by atomic mass is 9.95. The van der Waals surface area contributed by atoms with E-state index in [9.17, 15) is 31.2 Å². The first-order valence-electron chi connectivity index (χ1n) is 13.5. The zero-order valence-electron chi connectivity index (χ0n) is 23.2. The topological polar surface area (TPSA) is 147 Å². The molecule has 0 radical (unpaired) electrons. The molecule has 3 aromatic carbocycles. The number of anilines is 2. The Morgan fingerprint density at radius 3 is 2.32 bits per heavy atom. The fraction of sp³-hybridized carbons (Fsp3) is 0.233. The van der Waals surface area contributed by atoms with E-state index in [0.29, 0.717) is 42.6 Å². The highest BCUT2D eigenvalue weighted by Crippen LogP contribution is 2.33. The molecule has 1 unspecified atom stereocenters. The van der Waals surface area contributed by atoms with E-state index in [4.69, 9.17) is 14.9 Å². The number of hydrogen-bond donors (Lipinski definition) is 4. The van der Waals surface area contributed by atoms with Gasteiger partial charge in [0.1, 0.15) is 45.7 Å². The number of carbonyl (C=O) groups is 2. The number of rotatable bonds is 9. The molecule has 10 nitrogen and oxygen atoms in total. The maximum absolute atomic E-state index is 14.9. The summed E-state index contributed by atoms with van der Waals surface area (Å²) in [5.74, 6) is -6.37. The quantitative estimate of drug-likeness (QED) is 0.0639. The van der Waals surface area contributed by atoms with E-state index < -0.39 is 78.9 Å². The van der Waals surface area contributed by atoms with E-state index in [0.717, 1.165) is 31.0 Å². The summed E-state index contributed by atoms with van der Waals surface area (Å²) in [6, 6.07) is 11.2. The summed E-state index contributed by atoms with van der Waals surface area (Å²) in [6.45, 7) is 1.89. The SMILES string of the molecule is C[C@@H](OC1CCCCO1)C(=N)NS(=O)(=O)c1cc(C(=O)C(C(=O)c2cc(F)ccc2F)=C2Nc3ccccc3N2)ccc1F. The van der Waals surface area contributed by atoms with Crippen LogP contribution in [0.3, 0.4) is 0 Å². The minimum Gasteiger partial charge on any atom is -0.353 e. The maximum atomic E-state index is 14.9. The van der Waals surface area contributed by atoms with Crippen LogP contribution in [0.25, 0.3) is 0 Å². The summed E-state index contributed by atoms with van der Waals surface area (Å²) in [5.41, 5.74) is -0.941. The number of ketones is 2. The Labute approximate surface area is 250 Å². The average molecular weight is 629 g/mol. The van der Waals surface area contributed by atoms with Crippen LogP contribution >= 0.6 is 0 Å². The molecule has 3 aromatic rings. The maximum Gasteiger partial charge on any atom is 0.265 e. The number of para-hydroxylation sites is 2. The van der Waals surface area contributed by atoms with Gasteiger partial charge in [0.15, 0.2) is 6.29 Å². The third-order valence-corrected chi connectivity index (χ3v) is 8.33. The molecule has 0 saturated carbocycles. The fourth-order valence-corrected chi connectivity index (χ4v) is 5.83. The average Bonchev–Trinajstić information content (AvgIpc) is 3.42. The molecule has 0 spiro atoms. The number of halogens is 3. The second-order valence-electron chi connectivity index (χ2n) is 10.1. The summed E-state index contributed by atoms with van der Waals surface area (Å²) < 4.78 is 82.9. The van der Waals surface area contributed by atoms with Crippen molar-refractivity contribution in [2.45, 2.75) is 43.5 Å². The van der Waals surface area contributed by atoms with Gasteiger partial charge >= 0.3 is 0 Å². The molecule has 1 saturated heterocycles. The van der Waals surface area contributed by atoms with Crippen molar-refractivity contribution in [3.05, 3.63) is 101 Å². The van der Waals surface area contributed by atoms with Gasteiger partial charge in [0.2, 0.25) is 11.6 Å². The highest BCUT2D eigenvalue weighted by Gasteiger charge is 2.33. The van der Waals surface area contributed by atoms with Gasteiger partial charge in [0, 0.05) is 12.2 Å². The summed E-state index contributed by atoms with van der Waals surface area (Å²) in [7, 11) is -4.77. The number of fused-ring (bicyclic) bond motifs is 1. The summed E-state index contributed by atoms with van der Waals surface area (Å²) >= 11 is 0. The minimum atomic E-state index is -4.77. The number of sulfonamides is 1. The summed E-state index contributed by atoms with van der Waals surface area (Å²) in [5, 5.41) is 13.9. The number of amidine groups is 1. The van der Waals surface area contributed by atoms with E-state index in [2.05, 4.69) is 10.6 Å². The van der Waals surface area contributed by atoms with Gasteiger partial charge in [0.25, 0.3) is 10.0 Å². The zero-order valence-corrected chi connectivity index (χ0v) is 24.1. The van der Waals surface area contributed by atoms with Crippen LogP contribution < -0.4 is 15.4 Å². The molecule has 230 valence electrons. The van der Waals surface area contributed by atoms with Crippen molar-refractivity contribution in [3.8, 4) is 0 Å². The predicted molar refractivity (Wildman–Crippen MR) is 154 cm³/mol. The molecule has 44 heavy (non-hydrogen) atoms. The number of nitrogens with one attached hydrogen (secondary N) is 4.